The third kappa shape index (κ3) is 4.75. The van der Waals surface area contributed by atoms with Crippen molar-refractivity contribution in [3.8, 4) is 0 Å². The van der Waals surface area contributed by atoms with E-state index in [4.69, 9.17) is 10.8 Å². The second-order valence-electron chi connectivity index (χ2n) is 3.62. The molecule has 0 saturated carbocycles. The standard InChI is InChI=1S/C9H18N2O4/c1-5(2)7(10)8(12)11-6(4-15-3)9(13)14/h5-7H,4,10H2,1-3H3,(H,11,12)(H,13,14). The number of amides is 1. The summed E-state index contributed by atoms with van der Waals surface area (Å²) in [6, 6.07) is -1.75. The van der Waals surface area contributed by atoms with Gasteiger partial charge in [-0.15, -0.1) is 0 Å². The van der Waals surface area contributed by atoms with Gasteiger partial charge in [0, 0.05) is 7.11 Å². The summed E-state index contributed by atoms with van der Waals surface area (Å²) >= 11 is 0. The average Bonchev–Trinajstić information content (AvgIpc) is 2.15. The number of carboxylic acid groups (broad SMARTS) is 1. The third-order valence-electron chi connectivity index (χ3n) is 1.97. The van der Waals surface area contributed by atoms with Crippen molar-refractivity contribution in [1.82, 2.24) is 5.32 Å². The van der Waals surface area contributed by atoms with Gasteiger partial charge in [0.1, 0.15) is 0 Å². The van der Waals surface area contributed by atoms with E-state index < -0.39 is 24.0 Å². The van der Waals surface area contributed by atoms with Gasteiger partial charge in [-0.2, -0.15) is 0 Å². The Labute approximate surface area is 88.8 Å². The van der Waals surface area contributed by atoms with Crippen LogP contribution >= 0.6 is 0 Å². The first-order valence-electron chi connectivity index (χ1n) is 4.67. The molecule has 0 aliphatic heterocycles. The number of aliphatic carboxylic acids is 1. The molecule has 6 heteroatoms. The summed E-state index contributed by atoms with van der Waals surface area (Å²) in [5.74, 6) is -1.66. The highest BCUT2D eigenvalue weighted by Gasteiger charge is 2.24. The number of ether oxygens (including phenoxy) is 1. The highest BCUT2D eigenvalue weighted by atomic mass is 16.5. The Kier molecular flexibility index (Phi) is 5.88. The first-order valence-corrected chi connectivity index (χ1v) is 4.67. The predicted molar refractivity (Wildman–Crippen MR) is 54.3 cm³/mol. The van der Waals surface area contributed by atoms with Crippen LogP contribution in [0.5, 0.6) is 0 Å². The highest BCUT2D eigenvalue weighted by Crippen LogP contribution is 1.98. The van der Waals surface area contributed by atoms with E-state index in [1.165, 1.54) is 7.11 Å². The van der Waals surface area contributed by atoms with Crippen molar-refractivity contribution in [1.29, 1.82) is 0 Å². The zero-order chi connectivity index (χ0) is 12.0. The maximum absolute atomic E-state index is 11.4. The zero-order valence-corrected chi connectivity index (χ0v) is 9.19. The molecule has 0 radical (unpaired) electrons. The molecule has 88 valence electrons. The summed E-state index contributed by atoms with van der Waals surface area (Å²) in [7, 11) is 1.37. The average molecular weight is 218 g/mol. The summed E-state index contributed by atoms with van der Waals surface area (Å²) in [5.41, 5.74) is 5.56. The lowest BCUT2D eigenvalue weighted by Crippen LogP contribution is -2.51. The molecule has 4 N–H and O–H groups in total. The molecule has 1 amide bonds. The van der Waals surface area contributed by atoms with Gasteiger partial charge in [0.2, 0.25) is 5.91 Å². The quantitative estimate of drug-likeness (QED) is 0.541. The lowest BCUT2D eigenvalue weighted by atomic mass is 10.0. The minimum atomic E-state index is -1.14. The number of rotatable bonds is 6. The fraction of sp³-hybridized carbons (Fsp3) is 0.778. The van der Waals surface area contributed by atoms with E-state index in [0.717, 1.165) is 0 Å². The molecular weight excluding hydrogens is 200 g/mol. The van der Waals surface area contributed by atoms with Crippen molar-refractivity contribution in [3.05, 3.63) is 0 Å². The second kappa shape index (κ2) is 6.36. The number of carbonyl (C=O) groups excluding carboxylic acids is 1. The highest BCUT2D eigenvalue weighted by molar-refractivity contribution is 5.86. The van der Waals surface area contributed by atoms with Gasteiger partial charge in [0.05, 0.1) is 12.6 Å². The fourth-order valence-electron chi connectivity index (χ4n) is 0.912. The number of nitrogens with two attached hydrogens (primary N) is 1. The molecule has 0 fully saturated rings. The van der Waals surface area contributed by atoms with Crippen LogP contribution in [0.1, 0.15) is 13.8 Å². The summed E-state index contributed by atoms with van der Waals surface area (Å²) < 4.78 is 4.67. The van der Waals surface area contributed by atoms with Crippen molar-refractivity contribution in [2.75, 3.05) is 13.7 Å². The van der Waals surface area contributed by atoms with E-state index in [1.54, 1.807) is 13.8 Å². The van der Waals surface area contributed by atoms with E-state index in [9.17, 15) is 9.59 Å². The number of nitrogens with one attached hydrogen (secondary N) is 1. The molecule has 0 rings (SSSR count). The molecule has 2 unspecified atom stereocenters. The van der Waals surface area contributed by atoms with Gasteiger partial charge in [0.15, 0.2) is 6.04 Å². The monoisotopic (exact) mass is 218 g/mol. The molecule has 0 aromatic rings. The van der Waals surface area contributed by atoms with Crippen LogP contribution in [0, 0.1) is 5.92 Å². The normalized spacial score (nSPS) is 14.7. The second-order valence-corrected chi connectivity index (χ2v) is 3.62. The predicted octanol–water partition coefficient (Wildman–Crippen LogP) is -0.814. The van der Waals surface area contributed by atoms with Gasteiger partial charge in [-0.25, -0.2) is 4.79 Å². The summed E-state index contributed by atoms with van der Waals surface area (Å²) in [4.78, 5) is 22.1. The summed E-state index contributed by atoms with van der Waals surface area (Å²) in [5, 5.41) is 11.0. The number of methoxy groups -OCH3 is 1. The van der Waals surface area contributed by atoms with Crippen LogP contribution in [0.15, 0.2) is 0 Å². The van der Waals surface area contributed by atoms with Crippen molar-refractivity contribution in [2.45, 2.75) is 25.9 Å². The summed E-state index contributed by atoms with van der Waals surface area (Å²) in [6.45, 7) is 3.50. The number of hydrogen-bond acceptors (Lipinski definition) is 4. The Bertz CT molecular complexity index is 230. The van der Waals surface area contributed by atoms with Crippen LogP contribution in [-0.2, 0) is 14.3 Å². The van der Waals surface area contributed by atoms with Crippen molar-refractivity contribution >= 4 is 11.9 Å². The fourth-order valence-corrected chi connectivity index (χ4v) is 0.912. The minimum absolute atomic E-state index is 0.0398. The molecule has 0 saturated heterocycles. The Balaban J connectivity index is 4.28. The SMILES string of the molecule is COCC(NC(=O)C(N)C(C)C)C(=O)O. The molecule has 0 heterocycles. The first kappa shape index (κ1) is 13.9. The van der Waals surface area contributed by atoms with E-state index >= 15 is 0 Å². The lowest BCUT2D eigenvalue weighted by Gasteiger charge is -2.19. The van der Waals surface area contributed by atoms with Crippen LogP contribution < -0.4 is 11.1 Å². The maximum atomic E-state index is 11.4. The van der Waals surface area contributed by atoms with E-state index in [2.05, 4.69) is 10.1 Å². The zero-order valence-electron chi connectivity index (χ0n) is 9.19. The first-order chi connectivity index (χ1) is 6.90. The molecule has 0 aliphatic rings. The van der Waals surface area contributed by atoms with Crippen molar-refractivity contribution in [3.63, 3.8) is 0 Å². The smallest absolute Gasteiger partial charge is 0.328 e. The molecule has 0 aliphatic carbocycles. The Hall–Kier alpha value is -1.14. The van der Waals surface area contributed by atoms with E-state index in [-0.39, 0.29) is 12.5 Å². The Morgan fingerprint density at radius 2 is 2.00 bits per heavy atom. The molecule has 0 aromatic carbocycles. The lowest BCUT2D eigenvalue weighted by molar-refractivity contribution is -0.143. The van der Waals surface area contributed by atoms with Gasteiger partial charge in [-0.3, -0.25) is 4.79 Å². The molecular formula is C9H18N2O4. The third-order valence-corrected chi connectivity index (χ3v) is 1.97. The van der Waals surface area contributed by atoms with Gasteiger partial charge < -0.3 is 20.9 Å². The van der Waals surface area contributed by atoms with Gasteiger partial charge in [-0.1, -0.05) is 13.8 Å². The maximum Gasteiger partial charge on any atom is 0.328 e. The molecule has 6 nitrogen and oxygen atoms in total. The van der Waals surface area contributed by atoms with Crippen molar-refractivity contribution in [2.24, 2.45) is 11.7 Å². The van der Waals surface area contributed by atoms with Gasteiger partial charge in [-0.05, 0) is 5.92 Å². The van der Waals surface area contributed by atoms with Crippen LogP contribution in [0.4, 0.5) is 0 Å². The number of carboxylic acids is 1. The Morgan fingerprint density at radius 3 is 2.33 bits per heavy atom. The molecule has 2 atom stereocenters. The topological polar surface area (TPSA) is 102 Å². The van der Waals surface area contributed by atoms with Crippen LogP contribution in [0.25, 0.3) is 0 Å². The number of carbonyl (C=O) groups is 2. The molecule has 0 aromatic heterocycles. The van der Waals surface area contributed by atoms with Crippen LogP contribution in [0.2, 0.25) is 0 Å². The number of hydrogen-bond donors (Lipinski definition) is 3. The van der Waals surface area contributed by atoms with Gasteiger partial charge in [0.25, 0.3) is 0 Å². The Morgan fingerprint density at radius 1 is 1.47 bits per heavy atom. The molecule has 0 bridgehead atoms. The van der Waals surface area contributed by atoms with E-state index in [1.807, 2.05) is 0 Å². The van der Waals surface area contributed by atoms with Crippen molar-refractivity contribution < 1.29 is 19.4 Å². The van der Waals surface area contributed by atoms with E-state index in [0.29, 0.717) is 0 Å². The molecule has 0 spiro atoms. The largest absolute Gasteiger partial charge is 0.480 e. The minimum Gasteiger partial charge on any atom is -0.480 e. The molecule has 15 heavy (non-hydrogen) atoms. The summed E-state index contributed by atoms with van der Waals surface area (Å²) in [6.07, 6.45) is 0. The van der Waals surface area contributed by atoms with Crippen LogP contribution in [-0.4, -0.2) is 42.8 Å². The van der Waals surface area contributed by atoms with Crippen LogP contribution in [0.3, 0.4) is 0 Å². The van der Waals surface area contributed by atoms with Gasteiger partial charge >= 0.3 is 5.97 Å².